The fraction of sp³-hybridized carbons (Fsp3) is 0.217. The minimum Gasteiger partial charge on any atom is -0.504 e. The lowest BCUT2D eigenvalue weighted by Crippen LogP contribution is -2.25. The molecule has 0 saturated carbocycles. The van der Waals surface area contributed by atoms with E-state index in [1.807, 2.05) is 0 Å². The Labute approximate surface area is 183 Å². The molecule has 1 atom stereocenters. The number of phenolic OH excluding ortho intramolecular Hbond substituents is 1. The number of amides is 1. The van der Waals surface area contributed by atoms with Crippen molar-refractivity contribution in [1.29, 1.82) is 0 Å². The van der Waals surface area contributed by atoms with Crippen LogP contribution in [-0.2, 0) is 4.79 Å². The largest absolute Gasteiger partial charge is 0.504 e. The molecule has 9 nitrogen and oxygen atoms in total. The molecule has 166 valence electrons. The van der Waals surface area contributed by atoms with Gasteiger partial charge in [-0.1, -0.05) is 6.07 Å². The zero-order valence-electron chi connectivity index (χ0n) is 17.7. The first-order chi connectivity index (χ1) is 15.4. The summed E-state index contributed by atoms with van der Waals surface area (Å²) in [6.07, 6.45) is 1.55. The van der Waals surface area contributed by atoms with E-state index >= 15 is 0 Å². The number of ether oxygens (including phenoxy) is 3. The number of carboxylic acids is 1. The van der Waals surface area contributed by atoms with Crippen LogP contribution in [0.1, 0.15) is 34.0 Å². The Kier molecular flexibility index (Phi) is 5.40. The van der Waals surface area contributed by atoms with E-state index in [4.69, 9.17) is 14.2 Å². The molecular weight excluding hydrogens is 416 g/mol. The van der Waals surface area contributed by atoms with Crippen LogP contribution in [0.5, 0.6) is 23.0 Å². The minimum absolute atomic E-state index is 0.0323. The summed E-state index contributed by atoms with van der Waals surface area (Å²) in [5.41, 5.74) is 2.05. The summed E-state index contributed by atoms with van der Waals surface area (Å²) >= 11 is 0. The average molecular weight is 438 g/mol. The number of carboxylic acid groups (broad SMARTS) is 1. The van der Waals surface area contributed by atoms with Gasteiger partial charge in [0.15, 0.2) is 11.5 Å². The first-order valence-electron chi connectivity index (χ1n) is 9.75. The molecule has 2 heterocycles. The normalized spacial score (nSPS) is 15.0. The van der Waals surface area contributed by atoms with Crippen LogP contribution in [0.25, 0.3) is 5.69 Å². The van der Waals surface area contributed by atoms with Gasteiger partial charge in [-0.15, -0.1) is 0 Å². The fourth-order valence-corrected chi connectivity index (χ4v) is 4.00. The van der Waals surface area contributed by atoms with Gasteiger partial charge in [0.05, 0.1) is 38.4 Å². The summed E-state index contributed by atoms with van der Waals surface area (Å²) in [6, 6.07) is 10.0. The Morgan fingerprint density at radius 1 is 1.06 bits per heavy atom. The number of fused-ring (bicyclic) bond motifs is 1. The smallest absolute Gasteiger partial charge is 0.339 e. The van der Waals surface area contributed by atoms with E-state index in [0.717, 1.165) is 0 Å². The highest BCUT2D eigenvalue weighted by Crippen LogP contribution is 2.44. The molecule has 0 fully saturated rings. The van der Waals surface area contributed by atoms with Gasteiger partial charge in [-0.05, 0) is 29.8 Å². The quantitative estimate of drug-likeness (QED) is 0.540. The molecule has 1 aliphatic rings. The third kappa shape index (κ3) is 3.47. The van der Waals surface area contributed by atoms with Crippen LogP contribution >= 0.6 is 0 Å². The first-order valence-corrected chi connectivity index (χ1v) is 9.75. The topological polar surface area (TPSA) is 119 Å². The summed E-state index contributed by atoms with van der Waals surface area (Å²) in [5, 5.41) is 22.5. The molecule has 32 heavy (non-hydrogen) atoms. The van der Waals surface area contributed by atoms with E-state index in [1.165, 1.54) is 33.6 Å². The Bertz CT molecular complexity index is 1220. The molecule has 0 radical (unpaired) electrons. The molecule has 1 aliphatic heterocycles. The third-order valence-corrected chi connectivity index (χ3v) is 5.51. The van der Waals surface area contributed by atoms with Gasteiger partial charge in [0.25, 0.3) is 0 Å². The number of aromatic hydroxyl groups is 1. The number of carbonyl (C=O) groups excluding carboxylic acids is 1. The van der Waals surface area contributed by atoms with Crippen molar-refractivity contribution in [3.63, 3.8) is 0 Å². The van der Waals surface area contributed by atoms with Crippen LogP contribution in [-0.4, -0.2) is 48.0 Å². The van der Waals surface area contributed by atoms with Gasteiger partial charge in [-0.2, -0.15) is 0 Å². The minimum atomic E-state index is -1.17. The maximum atomic E-state index is 12.5. The molecule has 3 aromatic rings. The lowest BCUT2D eigenvalue weighted by molar-refractivity contribution is -0.116. The van der Waals surface area contributed by atoms with Crippen LogP contribution in [0.4, 0.5) is 5.69 Å². The molecule has 2 aromatic carbocycles. The van der Waals surface area contributed by atoms with Gasteiger partial charge >= 0.3 is 5.97 Å². The molecule has 0 aliphatic carbocycles. The predicted octanol–water partition coefficient (Wildman–Crippen LogP) is 3.38. The first kappa shape index (κ1) is 21.1. The van der Waals surface area contributed by atoms with Crippen molar-refractivity contribution in [1.82, 2.24) is 4.57 Å². The van der Waals surface area contributed by atoms with Crippen molar-refractivity contribution in [3.8, 4) is 28.7 Å². The second-order valence-electron chi connectivity index (χ2n) is 7.25. The third-order valence-electron chi connectivity index (χ3n) is 5.51. The number of methoxy groups -OCH3 is 3. The number of carbonyl (C=O) groups is 2. The second kappa shape index (κ2) is 8.18. The summed E-state index contributed by atoms with van der Waals surface area (Å²) in [6.45, 7) is 0. The van der Waals surface area contributed by atoms with Crippen LogP contribution in [0.3, 0.4) is 0 Å². The Morgan fingerprint density at radius 2 is 1.81 bits per heavy atom. The second-order valence-corrected chi connectivity index (χ2v) is 7.25. The molecule has 0 unspecified atom stereocenters. The molecule has 9 heteroatoms. The fourth-order valence-electron chi connectivity index (χ4n) is 4.00. The molecule has 0 spiro atoms. The van der Waals surface area contributed by atoms with E-state index < -0.39 is 11.9 Å². The van der Waals surface area contributed by atoms with Crippen LogP contribution < -0.4 is 19.5 Å². The maximum absolute atomic E-state index is 12.5. The van der Waals surface area contributed by atoms with Gasteiger partial charge in [0, 0.05) is 24.6 Å². The lowest BCUT2D eigenvalue weighted by atomic mass is 9.88. The zero-order chi connectivity index (χ0) is 23.0. The Balaban J connectivity index is 1.98. The van der Waals surface area contributed by atoms with Crippen molar-refractivity contribution in [3.05, 3.63) is 59.4 Å². The van der Waals surface area contributed by atoms with Crippen molar-refractivity contribution in [2.24, 2.45) is 0 Å². The number of aromatic carboxylic acids is 1. The molecule has 1 aromatic heterocycles. The Morgan fingerprint density at radius 3 is 2.47 bits per heavy atom. The molecule has 0 bridgehead atoms. The zero-order valence-corrected chi connectivity index (χ0v) is 17.7. The molecule has 3 N–H and O–H groups in total. The van der Waals surface area contributed by atoms with Crippen LogP contribution in [0, 0.1) is 0 Å². The molecule has 1 amide bonds. The highest BCUT2D eigenvalue weighted by Gasteiger charge is 2.35. The monoisotopic (exact) mass is 438 g/mol. The van der Waals surface area contributed by atoms with Gasteiger partial charge < -0.3 is 34.3 Å². The standard InChI is InChI=1S/C23H22N2O7/c1-30-13-5-6-16(18(9-13)31-2)25-11-15(23(28)29)21-22(25)14(10-20(27)24-21)12-4-7-17(26)19(8-12)32-3/h4-9,11,14,26H,10H2,1-3H3,(H,24,27)(H,28,29)/t14-/m1/s1. The van der Waals surface area contributed by atoms with Gasteiger partial charge in [0.1, 0.15) is 17.1 Å². The van der Waals surface area contributed by atoms with Crippen molar-refractivity contribution < 1.29 is 34.0 Å². The van der Waals surface area contributed by atoms with Gasteiger partial charge in [-0.3, -0.25) is 4.79 Å². The number of rotatable bonds is 6. The number of hydrogen-bond donors (Lipinski definition) is 3. The molecule has 0 saturated heterocycles. The number of benzene rings is 2. The number of nitrogens with zero attached hydrogens (tertiary/aromatic N) is 1. The van der Waals surface area contributed by atoms with Crippen molar-refractivity contribution in [2.45, 2.75) is 12.3 Å². The maximum Gasteiger partial charge on any atom is 0.339 e. The van der Waals surface area contributed by atoms with Gasteiger partial charge in [-0.25, -0.2) is 4.79 Å². The summed E-state index contributed by atoms with van der Waals surface area (Å²) in [5.74, 6) is -0.693. The van der Waals surface area contributed by atoms with Crippen LogP contribution in [0.15, 0.2) is 42.6 Å². The average Bonchev–Trinajstić information content (AvgIpc) is 3.17. The molecule has 4 rings (SSSR count). The van der Waals surface area contributed by atoms with E-state index in [0.29, 0.717) is 28.4 Å². The SMILES string of the molecule is COc1ccc(-n2cc(C(=O)O)c3c2[C@@H](c2ccc(O)c(OC)c2)CC(=O)N3)c(OC)c1. The van der Waals surface area contributed by atoms with Crippen molar-refractivity contribution >= 4 is 17.6 Å². The summed E-state index contributed by atoms with van der Waals surface area (Å²) in [7, 11) is 4.49. The summed E-state index contributed by atoms with van der Waals surface area (Å²) in [4.78, 5) is 24.5. The van der Waals surface area contributed by atoms with E-state index in [2.05, 4.69) is 5.32 Å². The van der Waals surface area contributed by atoms with E-state index in [9.17, 15) is 19.8 Å². The Hall–Kier alpha value is -4.14. The summed E-state index contributed by atoms with van der Waals surface area (Å²) < 4.78 is 17.7. The lowest BCUT2D eigenvalue weighted by Gasteiger charge is -2.27. The van der Waals surface area contributed by atoms with Gasteiger partial charge in [0.2, 0.25) is 5.91 Å². The number of anilines is 1. The van der Waals surface area contributed by atoms with E-state index in [-0.39, 0.29) is 35.1 Å². The number of nitrogens with one attached hydrogen (secondary N) is 1. The number of phenols is 1. The number of aromatic nitrogens is 1. The highest BCUT2D eigenvalue weighted by atomic mass is 16.5. The van der Waals surface area contributed by atoms with Crippen LogP contribution in [0.2, 0.25) is 0 Å². The highest BCUT2D eigenvalue weighted by molar-refractivity contribution is 6.04. The van der Waals surface area contributed by atoms with Crippen molar-refractivity contribution in [2.75, 3.05) is 26.6 Å². The van der Waals surface area contributed by atoms with E-state index in [1.54, 1.807) is 34.9 Å². The number of hydrogen-bond acceptors (Lipinski definition) is 6. The molecular formula is C23H22N2O7. The predicted molar refractivity (Wildman–Crippen MR) is 116 cm³/mol.